The molecule has 0 heterocycles. The van der Waals surface area contributed by atoms with E-state index >= 15 is 0 Å². The number of rotatable bonds is 9. The Hall–Kier alpha value is -3.52. The molecule has 0 spiro atoms. The SMILES string of the molecule is CS(=O)(=O)c1ccc(C(=O)C(C(=O)C2CC2)c2ccc(S(C)(=O)=O)cc2[N+](=O)[O-])c([N+](=O)[O-])c1. The van der Waals surface area contributed by atoms with Gasteiger partial charge in [0.05, 0.1) is 25.2 Å². The number of carbonyl (C=O) groups excluding carboxylic acids is 2. The second kappa shape index (κ2) is 8.68. The largest absolute Gasteiger partial charge is 0.298 e. The summed E-state index contributed by atoms with van der Waals surface area (Å²) in [6.45, 7) is 0. The Kier molecular flexibility index (Phi) is 6.41. The normalized spacial score (nSPS) is 14.9. The van der Waals surface area contributed by atoms with Crippen LogP contribution in [0.25, 0.3) is 0 Å². The van der Waals surface area contributed by atoms with Crippen molar-refractivity contribution in [1.82, 2.24) is 0 Å². The lowest BCUT2D eigenvalue weighted by Gasteiger charge is -2.16. The topological polar surface area (TPSA) is 189 Å². The highest BCUT2D eigenvalue weighted by atomic mass is 32.2. The van der Waals surface area contributed by atoms with Gasteiger partial charge in [0.15, 0.2) is 31.2 Å². The highest BCUT2D eigenvalue weighted by Crippen LogP contribution is 2.41. The van der Waals surface area contributed by atoms with Crippen LogP contribution < -0.4 is 0 Å². The van der Waals surface area contributed by atoms with Crippen molar-refractivity contribution in [2.24, 2.45) is 5.92 Å². The summed E-state index contributed by atoms with van der Waals surface area (Å²) in [6, 6.07) is 5.26. The number of hydrogen-bond acceptors (Lipinski definition) is 10. The maximum atomic E-state index is 13.4. The molecule has 0 aliphatic heterocycles. The smallest absolute Gasteiger partial charge is 0.281 e. The summed E-state index contributed by atoms with van der Waals surface area (Å²) < 4.78 is 47.3. The number of benzene rings is 2. The summed E-state index contributed by atoms with van der Waals surface area (Å²) >= 11 is 0. The molecule has 0 saturated heterocycles. The summed E-state index contributed by atoms with van der Waals surface area (Å²) in [7, 11) is -7.71. The van der Waals surface area contributed by atoms with Crippen molar-refractivity contribution in [1.29, 1.82) is 0 Å². The lowest BCUT2D eigenvalue weighted by molar-refractivity contribution is -0.386. The predicted molar refractivity (Wildman–Crippen MR) is 117 cm³/mol. The van der Waals surface area contributed by atoms with Gasteiger partial charge in [-0.05, 0) is 37.1 Å². The van der Waals surface area contributed by atoms with Crippen molar-refractivity contribution in [3.05, 3.63) is 67.8 Å². The van der Waals surface area contributed by atoms with Gasteiger partial charge in [-0.3, -0.25) is 29.8 Å². The number of nitrogens with zero attached hydrogens (tertiary/aromatic N) is 2. The molecule has 0 bridgehead atoms. The van der Waals surface area contributed by atoms with Crippen molar-refractivity contribution < 1.29 is 36.3 Å². The molecule has 14 heteroatoms. The molecule has 12 nitrogen and oxygen atoms in total. The first-order valence-corrected chi connectivity index (χ1v) is 13.5. The maximum absolute atomic E-state index is 13.4. The zero-order chi connectivity index (χ0) is 25.6. The summed E-state index contributed by atoms with van der Waals surface area (Å²) in [5, 5.41) is 23.3. The number of ketones is 2. The van der Waals surface area contributed by atoms with E-state index in [1.165, 1.54) is 0 Å². The standard InChI is InChI=1S/C20H18N2O10S2/c1-33(29,30)12-5-7-14(16(9-12)21(25)26)18(19(23)11-3-4-11)20(24)15-8-6-13(34(2,31)32)10-17(15)22(27)28/h5-11,18H,3-4H2,1-2H3. The first-order valence-electron chi connectivity index (χ1n) is 9.67. The van der Waals surface area contributed by atoms with Crippen LogP contribution in [0, 0.1) is 26.1 Å². The van der Waals surface area contributed by atoms with Gasteiger partial charge in [0.25, 0.3) is 11.4 Å². The molecule has 1 fully saturated rings. The molecule has 1 aliphatic carbocycles. The van der Waals surface area contributed by atoms with E-state index in [1.54, 1.807) is 0 Å². The van der Waals surface area contributed by atoms with E-state index in [2.05, 4.69) is 0 Å². The van der Waals surface area contributed by atoms with Crippen LogP contribution in [0.2, 0.25) is 0 Å². The fraction of sp³-hybridized carbons (Fsp3) is 0.300. The highest BCUT2D eigenvalue weighted by molar-refractivity contribution is 7.91. The van der Waals surface area contributed by atoms with Crippen LogP contribution >= 0.6 is 0 Å². The van der Waals surface area contributed by atoms with Gasteiger partial charge < -0.3 is 0 Å². The van der Waals surface area contributed by atoms with E-state index < -0.39 is 85.2 Å². The fourth-order valence-corrected chi connectivity index (χ4v) is 4.72. The molecule has 34 heavy (non-hydrogen) atoms. The Morgan fingerprint density at radius 2 is 1.32 bits per heavy atom. The van der Waals surface area contributed by atoms with E-state index in [4.69, 9.17) is 0 Å². The lowest BCUT2D eigenvalue weighted by Crippen LogP contribution is -2.25. The van der Waals surface area contributed by atoms with Crippen LogP contribution in [0.4, 0.5) is 11.4 Å². The number of hydrogen-bond donors (Lipinski definition) is 0. The monoisotopic (exact) mass is 510 g/mol. The van der Waals surface area contributed by atoms with E-state index in [9.17, 15) is 46.7 Å². The van der Waals surface area contributed by atoms with Crippen LogP contribution in [0.5, 0.6) is 0 Å². The first-order chi connectivity index (χ1) is 15.6. The molecule has 0 N–H and O–H groups in total. The number of sulfone groups is 2. The van der Waals surface area contributed by atoms with Crippen LogP contribution in [0.15, 0.2) is 46.2 Å². The zero-order valence-electron chi connectivity index (χ0n) is 17.8. The summed E-state index contributed by atoms with van der Waals surface area (Å²) in [4.78, 5) is 47.1. The van der Waals surface area contributed by atoms with Crippen molar-refractivity contribution in [2.45, 2.75) is 28.6 Å². The minimum Gasteiger partial charge on any atom is -0.298 e. The summed E-state index contributed by atoms with van der Waals surface area (Å²) in [5.41, 5.74) is -2.68. The number of nitro groups is 2. The van der Waals surface area contributed by atoms with E-state index in [1.807, 2.05) is 0 Å². The third-order valence-corrected chi connectivity index (χ3v) is 7.54. The Labute approximate surface area is 193 Å². The Balaban J connectivity index is 2.25. The number of carbonyl (C=O) groups is 2. The molecule has 0 radical (unpaired) electrons. The molecule has 2 aromatic carbocycles. The third kappa shape index (κ3) is 5.02. The Bertz CT molecular complexity index is 1460. The van der Waals surface area contributed by atoms with Gasteiger partial charge in [-0.15, -0.1) is 0 Å². The van der Waals surface area contributed by atoms with Crippen LogP contribution in [-0.2, 0) is 24.5 Å². The van der Waals surface area contributed by atoms with E-state index in [0.717, 1.165) is 42.8 Å². The summed E-state index contributed by atoms with van der Waals surface area (Å²) in [5.74, 6) is -4.22. The second-order valence-corrected chi connectivity index (χ2v) is 12.0. The van der Waals surface area contributed by atoms with Crippen molar-refractivity contribution in [3.63, 3.8) is 0 Å². The van der Waals surface area contributed by atoms with Gasteiger partial charge in [0, 0.05) is 36.1 Å². The Morgan fingerprint density at radius 1 is 0.853 bits per heavy atom. The molecular formula is C20H18N2O10S2. The van der Waals surface area contributed by atoms with Gasteiger partial charge in [-0.25, -0.2) is 16.8 Å². The fourth-order valence-electron chi connectivity index (χ4n) is 3.44. The van der Waals surface area contributed by atoms with Gasteiger partial charge in [0.1, 0.15) is 5.92 Å². The van der Waals surface area contributed by atoms with Crippen LogP contribution in [0.3, 0.4) is 0 Å². The molecule has 1 saturated carbocycles. The Morgan fingerprint density at radius 3 is 1.76 bits per heavy atom. The molecule has 0 amide bonds. The van der Waals surface area contributed by atoms with Gasteiger partial charge in [0.2, 0.25) is 0 Å². The first kappa shape index (κ1) is 25.1. The molecule has 1 aliphatic rings. The predicted octanol–water partition coefficient (Wildman–Crippen LogP) is 2.26. The highest BCUT2D eigenvalue weighted by Gasteiger charge is 2.43. The third-order valence-electron chi connectivity index (χ3n) is 5.32. The van der Waals surface area contributed by atoms with Crippen molar-refractivity contribution in [2.75, 3.05) is 12.5 Å². The molecule has 180 valence electrons. The van der Waals surface area contributed by atoms with Gasteiger partial charge in [-0.1, -0.05) is 0 Å². The van der Waals surface area contributed by atoms with E-state index in [-0.39, 0.29) is 0 Å². The molecule has 1 unspecified atom stereocenters. The average Bonchev–Trinajstić information content (AvgIpc) is 3.57. The quantitative estimate of drug-likeness (QED) is 0.209. The van der Waals surface area contributed by atoms with Gasteiger partial charge in [-0.2, -0.15) is 0 Å². The molecular weight excluding hydrogens is 492 g/mol. The maximum Gasteiger partial charge on any atom is 0.281 e. The molecule has 2 aromatic rings. The van der Waals surface area contributed by atoms with Crippen LogP contribution in [0.1, 0.15) is 34.7 Å². The van der Waals surface area contributed by atoms with Crippen molar-refractivity contribution >= 4 is 42.6 Å². The molecule has 1 atom stereocenters. The average molecular weight is 511 g/mol. The second-order valence-electron chi connectivity index (χ2n) is 7.93. The molecule has 0 aromatic heterocycles. The van der Waals surface area contributed by atoms with Crippen LogP contribution in [-0.4, -0.2) is 50.8 Å². The van der Waals surface area contributed by atoms with Crippen molar-refractivity contribution in [3.8, 4) is 0 Å². The lowest BCUT2D eigenvalue weighted by atomic mass is 9.84. The van der Waals surface area contributed by atoms with Gasteiger partial charge >= 0.3 is 0 Å². The number of Topliss-reactive ketones (excluding diaryl/α,β-unsaturated/α-hetero) is 2. The molecule has 3 rings (SSSR count). The zero-order valence-corrected chi connectivity index (χ0v) is 19.5. The van der Waals surface area contributed by atoms with E-state index in [0.29, 0.717) is 18.9 Å². The number of nitro benzene ring substituents is 2. The minimum absolute atomic E-state index is 0.402. The summed E-state index contributed by atoms with van der Waals surface area (Å²) in [6.07, 6.45) is 2.50. The minimum atomic E-state index is -3.86.